The number of ether oxygens (including phenoxy) is 2. The van der Waals surface area contributed by atoms with Crippen LogP contribution in [0, 0.1) is 0 Å². The summed E-state index contributed by atoms with van der Waals surface area (Å²) in [6.45, 7) is 0. The highest BCUT2D eigenvalue weighted by Crippen LogP contribution is 2.09. The van der Waals surface area contributed by atoms with E-state index in [0.717, 1.165) is 18.2 Å². The van der Waals surface area contributed by atoms with E-state index in [1.807, 2.05) is 0 Å². The minimum atomic E-state index is -0.0150. The molecule has 2 nitrogen and oxygen atoms in total. The lowest BCUT2D eigenvalue weighted by Crippen LogP contribution is -2.12. The van der Waals surface area contributed by atoms with Gasteiger partial charge in [-0.05, 0) is 32.1 Å². The number of halogens is 1. The van der Waals surface area contributed by atoms with Gasteiger partial charge in [-0.15, -0.1) is 0 Å². The predicted molar refractivity (Wildman–Crippen MR) is 73.1 cm³/mol. The molecule has 0 aliphatic rings. The van der Waals surface area contributed by atoms with Crippen molar-refractivity contribution in [2.75, 3.05) is 19.5 Å². The van der Waals surface area contributed by atoms with Crippen LogP contribution in [-0.2, 0) is 9.47 Å². The second kappa shape index (κ2) is 13.2. The second-order valence-electron chi connectivity index (χ2n) is 3.84. The van der Waals surface area contributed by atoms with Gasteiger partial charge >= 0.3 is 0 Å². The van der Waals surface area contributed by atoms with Crippen LogP contribution in [-0.4, -0.2) is 25.8 Å². The molecule has 0 aromatic rings. The normalized spacial score (nSPS) is 11.8. The third-order valence-electron chi connectivity index (χ3n) is 2.53. The molecule has 0 rings (SSSR count). The van der Waals surface area contributed by atoms with E-state index in [9.17, 15) is 0 Å². The van der Waals surface area contributed by atoms with Crippen LogP contribution >= 0.6 is 15.9 Å². The molecule has 0 atom stereocenters. The Labute approximate surface area is 109 Å². The Hall–Kier alpha value is 0.140. The summed E-state index contributed by atoms with van der Waals surface area (Å²) < 4.78 is 10.3. The Morgan fingerprint density at radius 2 is 1.56 bits per heavy atom. The second-order valence-corrected chi connectivity index (χ2v) is 4.63. The minimum Gasteiger partial charge on any atom is -0.356 e. The van der Waals surface area contributed by atoms with Crippen molar-refractivity contribution in [2.45, 2.75) is 51.2 Å². The van der Waals surface area contributed by atoms with Gasteiger partial charge in [0.25, 0.3) is 0 Å². The molecule has 0 N–H and O–H groups in total. The first-order valence-corrected chi connectivity index (χ1v) is 7.23. The van der Waals surface area contributed by atoms with E-state index in [1.165, 1.54) is 32.1 Å². The average molecular weight is 293 g/mol. The predicted octanol–water partition coefficient (Wildman–Crippen LogP) is 4.29. The van der Waals surface area contributed by atoms with Crippen LogP contribution in [0.5, 0.6) is 0 Å². The minimum absolute atomic E-state index is 0.0150. The Bertz CT molecular complexity index is 156. The Balaban J connectivity index is 3.15. The molecule has 0 amide bonds. The van der Waals surface area contributed by atoms with Crippen molar-refractivity contribution in [3.63, 3.8) is 0 Å². The topological polar surface area (TPSA) is 18.5 Å². The summed E-state index contributed by atoms with van der Waals surface area (Å²) in [5.41, 5.74) is 0. The van der Waals surface area contributed by atoms with Gasteiger partial charge in [-0.25, -0.2) is 0 Å². The van der Waals surface area contributed by atoms with Gasteiger partial charge in [0.05, 0.1) is 0 Å². The van der Waals surface area contributed by atoms with E-state index in [1.54, 1.807) is 14.2 Å². The van der Waals surface area contributed by atoms with Crippen molar-refractivity contribution < 1.29 is 9.47 Å². The van der Waals surface area contributed by atoms with E-state index < -0.39 is 0 Å². The molecule has 0 unspecified atom stereocenters. The zero-order valence-corrected chi connectivity index (χ0v) is 12.2. The molecule has 0 saturated heterocycles. The van der Waals surface area contributed by atoms with Gasteiger partial charge in [0, 0.05) is 19.5 Å². The maximum Gasteiger partial charge on any atom is 0.156 e. The molecule has 0 heterocycles. The molecule has 0 saturated carbocycles. The fourth-order valence-electron chi connectivity index (χ4n) is 1.56. The number of methoxy groups -OCH3 is 2. The summed E-state index contributed by atoms with van der Waals surface area (Å²) in [7, 11) is 3.39. The molecule has 0 aromatic carbocycles. The average Bonchev–Trinajstić information content (AvgIpc) is 2.32. The summed E-state index contributed by atoms with van der Waals surface area (Å²) in [5.74, 6) is 0. The first-order valence-electron chi connectivity index (χ1n) is 6.11. The van der Waals surface area contributed by atoms with Crippen molar-refractivity contribution in [2.24, 2.45) is 0 Å². The number of hydrogen-bond acceptors (Lipinski definition) is 2. The van der Waals surface area contributed by atoms with Gasteiger partial charge in [-0.3, -0.25) is 0 Å². The number of unbranched alkanes of at least 4 members (excludes halogenated alkanes) is 4. The SMILES string of the molecule is COC(CCCCCC/C=C/CCBr)OC. The highest BCUT2D eigenvalue weighted by molar-refractivity contribution is 9.09. The van der Waals surface area contributed by atoms with Crippen LogP contribution in [0.25, 0.3) is 0 Å². The molecule has 3 heteroatoms. The highest BCUT2D eigenvalue weighted by atomic mass is 79.9. The molecular formula is C13H25BrO2. The summed E-state index contributed by atoms with van der Waals surface area (Å²) in [4.78, 5) is 0. The van der Waals surface area contributed by atoms with Crippen LogP contribution < -0.4 is 0 Å². The van der Waals surface area contributed by atoms with Crippen molar-refractivity contribution in [3.8, 4) is 0 Å². The largest absolute Gasteiger partial charge is 0.356 e. The van der Waals surface area contributed by atoms with Crippen LogP contribution in [0.1, 0.15) is 44.9 Å². The fourth-order valence-corrected chi connectivity index (χ4v) is 1.82. The lowest BCUT2D eigenvalue weighted by atomic mass is 10.1. The molecule has 0 aromatic heterocycles. The molecule has 0 bridgehead atoms. The lowest BCUT2D eigenvalue weighted by molar-refractivity contribution is -0.107. The first kappa shape index (κ1) is 16.1. The molecule has 16 heavy (non-hydrogen) atoms. The maximum absolute atomic E-state index is 5.13. The van der Waals surface area contributed by atoms with Crippen molar-refractivity contribution in [3.05, 3.63) is 12.2 Å². The summed E-state index contributed by atoms with van der Waals surface area (Å²) in [5, 5.41) is 1.07. The third kappa shape index (κ3) is 10.7. The zero-order chi connectivity index (χ0) is 12.1. The highest BCUT2D eigenvalue weighted by Gasteiger charge is 2.03. The van der Waals surface area contributed by atoms with Gasteiger partial charge in [-0.1, -0.05) is 40.9 Å². The molecule has 0 spiro atoms. The van der Waals surface area contributed by atoms with Gasteiger partial charge in [-0.2, -0.15) is 0 Å². The molecule has 0 fully saturated rings. The third-order valence-corrected chi connectivity index (χ3v) is 2.99. The van der Waals surface area contributed by atoms with E-state index >= 15 is 0 Å². The van der Waals surface area contributed by atoms with Crippen LogP contribution in [0.4, 0.5) is 0 Å². The number of allylic oxidation sites excluding steroid dienone is 2. The van der Waals surface area contributed by atoms with E-state index in [4.69, 9.17) is 9.47 Å². The van der Waals surface area contributed by atoms with Crippen LogP contribution in [0.3, 0.4) is 0 Å². The van der Waals surface area contributed by atoms with Crippen molar-refractivity contribution in [1.29, 1.82) is 0 Å². The smallest absolute Gasteiger partial charge is 0.156 e. The van der Waals surface area contributed by atoms with Crippen LogP contribution in [0.15, 0.2) is 12.2 Å². The first-order chi connectivity index (χ1) is 7.85. The Morgan fingerprint density at radius 3 is 2.19 bits per heavy atom. The fraction of sp³-hybridized carbons (Fsp3) is 0.846. The lowest BCUT2D eigenvalue weighted by Gasteiger charge is -2.12. The number of hydrogen-bond donors (Lipinski definition) is 0. The quantitative estimate of drug-likeness (QED) is 0.245. The zero-order valence-electron chi connectivity index (χ0n) is 10.6. The van der Waals surface area contributed by atoms with E-state index in [2.05, 4.69) is 28.1 Å². The van der Waals surface area contributed by atoms with E-state index in [-0.39, 0.29) is 6.29 Å². The van der Waals surface area contributed by atoms with Crippen molar-refractivity contribution >= 4 is 15.9 Å². The van der Waals surface area contributed by atoms with Crippen LogP contribution in [0.2, 0.25) is 0 Å². The molecular weight excluding hydrogens is 268 g/mol. The molecule has 0 radical (unpaired) electrons. The van der Waals surface area contributed by atoms with Crippen molar-refractivity contribution in [1.82, 2.24) is 0 Å². The summed E-state index contributed by atoms with van der Waals surface area (Å²) in [6.07, 6.45) is 12.9. The maximum atomic E-state index is 5.13. The van der Waals surface area contributed by atoms with E-state index in [0.29, 0.717) is 0 Å². The number of alkyl halides is 1. The monoisotopic (exact) mass is 292 g/mol. The molecule has 0 aliphatic heterocycles. The van der Waals surface area contributed by atoms with Gasteiger partial charge in [0.1, 0.15) is 0 Å². The molecule has 96 valence electrons. The molecule has 0 aliphatic carbocycles. The Kier molecular flexibility index (Phi) is 13.3. The Morgan fingerprint density at radius 1 is 0.938 bits per heavy atom. The van der Waals surface area contributed by atoms with Gasteiger partial charge in [0.15, 0.2) is 6.29 Å². The summed E-state index contributed by atoms with van der Waals surface area (Å²) >= 11 is 3.40. The van der Waals surface area contributed by atoms with Gasteiger partial charge < -0.3 is 9.47 Å². The summed E-state index contributed by atoms with van der Waals surface area (Å²) in [6, 6.07) is 0. The number of rotatable bonds is 11. The van der Waals surface area contributed by atoms with Gasteiger partial charge in [0.2, 0.25) is 0 Å². The standard InChI is InChI=1S/C13H25BrO2/c1-15-13(16-2)11-9-7-5-3-4-6-8-10-12-14/h6,8,13H,3-5,7,9-12H2,1-2H3/b8-6+.